The van der Waals surface area contributed by atoms with E-state index >= 15 is 0 Å². The normalized spacial score (nSPS) is 11.4. The first-order valence-corrected chi connectivity index (χ1v) is 49.6. The van der Waals surface area contributed by atoms with Gasteiger partial charge in [0, 0.05) is 105 Å². The van der Waals surface area contributed by atoms with Gasteiger partial charge in [-0.05, 0) is 290 Å². The van der Waals surface area contributed by atoms with Crippen molar-refractivity contribution in [2.45, 2.75) is 182 Å². The minimum atomic E-state index is -0.929. The summed E-state index contributed by atoms with van der Waals surface area (Å²) in [5, 5.41) is 24.4. The molecule has 6 aromatic heterocycles. The van der Waals surface area contributed by atoms with Gasteiger partial charge in [0.15, 0.2) is 36.9 Å². The van der Waals surface area contributed by atoms with Crippen LogP contribution in [0.2, 0.25) is 0 Å². The van der Waals surface area contributed by atoms with E-state index in [1.807, 2.05) is 235 Å². The van der Waals surface area contributed by atoms with Crippen LogP contribution in [0.1, 0.15) is 115 Å². The molecule has 10 aromatic carbocycles. The summed E-state index contributed by atoms with van der Waals surface area (Å²) < 4.78 is 40.9. The third-order valence-corrected chi connectivity index (χ3v) is 28.3. The van der Waals surface area contributed by atoms with E-state index < -0.39 is 41.2 Å². The molecule has 23 nitrogen and oxygen atoms in total. The molecular formula is C112H111N7O16S6. The molecule has 0 spiro atoms. The van der Waals surface area contributed by atoms with E-state index in [1.54, 1.807) is 85.2 Å². The van der Waals surface area contributed by atoms with Crippen molar-refractivity contribution in [1.29, 1.82) is 0 Å². The Bertz CT molecular complexity index is 7200. The van der Waals surface area contributed by atoms with Gasteiger partial charge in [-0.3, -0.25) is 58.7 Å². The minimum absolute atomic E-state index is 0.129. The van der Waals surface area contributed by atoms with Gasteiger partial charge in [-0.15, -0.1) is 23.5 Å². The van der Waals surface area contributed by atoms with Crippen LogP contribution < -0.4 is 18.9 Å². The highest BCUT2D eigenvalue weighted by atomic mass is 32.2. The molecule has 0 saturated heterocycles. The molecule has 0 saturated carbocycles. The Kier molecular flexibility index (Phi) is 37.4. The first-order valence-electron chi connectivity index (χ1n) is 44.7. The van der Waals surface area contributed by atoms with Gasteiger partial charge in [-0.25, -0.2) is 4.85 Å². The third-order valence-electron chi connectivity index (χ3n) is 21.1. The number of fused-ring (bicyclic) bond motifs is 6. The molecule has 29 heteroatoms. The van der Waals surface area contributed by atoms with Gasteiger partial charge in [-0.2, -0.15) is 0 Å². The van der Waals surface area contributed by atoms with Gasteiger partial charge < -0.3 is 48.1 Å². The summed E-state index contributed by atoms with van der Waals surface area (Å²) in [4.78, 5) is 98.5. The van der Waals surface area contributed by atoms with Gasteiger partial charge in [0.2, 0.25) is 0 Å². The monoisotopic (exact) mass is 2000 g/mol. The van der Waals surface area contributed by atoms with Crippen LogP contribution in [0, 0.1) is 20.4 Å². The van der Waals surface area contributed by atoms with Crippen molar-refractivity contribution in [1.82, 2.24) is 29.9 Å². The molecule has 0 radical (unpaired) electrons. The zero-order chi connectivity index (χ0) is 102. The fourth-order valence-corrected chi connectivity index (χ4v) is 20.3. The maximum atomic E-state index is 11.3. The Morgan fingerprint density at radius 2 is 0.638 bits per heavy atom. The number of ether oxygens (including phenoxy) is 8. The molecule has 0 aliphatic rings. The van der Waals surface area contributed by atoms with Crippen molar-refractivity contribution >= 4 is 180 Å². The Morgan fingerprint density at radius 3 is 0.979 bits per heavy atom. The lowest BCUT2D eigenvalue weighted by Gasteiger charge is -2.22. The molecule has 6 heterocycles. The van der Waals surface area contributed by atoms with E-state index in [0.29, 0.717) is 49.7 Å². The molecule has 0 fully saturated rings. The highest BCUT2D eigenvalue weighted by Gasteiger charge is 2.32. The van der Waals surface area contributed by atoms with Crippen LogP contribution in [-0.4, -0.2) is 134 Å². The second kappa shape index (κ2) is 48.9. The summed E-state index contributed by atoms with van der Waals surface area (Å²) in [7, 11) is 3.13. The largest absolute Gasteiger partial charge is 0.494 e. The minimum Gasteiger partial charge on any atom is -0.494 e. The van der Waals surface area contributed by atoms with Gasteiger partial charge in [0.1, 0.15) is 21.0 Å². The van der Waals surface area contributed by atoms with Gasteiger partial charge >= 0.3 is 11.9 Å². The molecular weight excluding hydrogens is 1890 g/mol. The molecule has 2 N–H and O–H groups in total. The van der Waals surface area contributed by atoms with E-state index in [0.717, 1.165) is 151 Å². The summed E-state index contributed by atoms with van der Waals surface area (Å²) in [6.45, 7) is 41.4. The summed E-state index contributed by atoms with van der Waals surface area (Å²) in [5.74, 6) is 1.21. The number of benzene rings is 10. The highest BCUT2D eigenvalue weighted by Crippen LogP contribution is 2.46. The standard InChI is InChI=1S/C22H23NO3S.C21H21NO3S.C20H16N2O2S.C20H19NO2S.C15H17NO4S.C14H15NO2S/c1-15(2)26-18-7-5-6-16(12-18)17-8-9-20-19(13-17)21(10-11-23-20)27-22(3,4)25-14-24;1-4-24-17-7-5-6-15(12-17)16-8-9-19-18(13-16)20(10-11-22-19)26-21(2,3)25-14-23;1-20(2,24-13-23)25-19-10-11-22-18-9-6-15(12-17(18)19)14-4-7-16(21-3)8-5-14;1-14-5-4-6-15(11-14)16-7-8-18-17(12-16)19(9-10-21-18)24-20(2,3)23-13-22;1-15(2,14(17)18)21-13-5-6-16-10-8-12(20-4)11(19-3)7-9(10)13;1-9-4-5-11-10(8-9)12(6-7-15-11)18-14(2,3)13(16)17/h5-15H,1-4H3;5-14H,4H2,1-3H3;4-13H,1-2H3;4-13H,1-3H3;5-8H,1-4H3,(H,17,18);4-8H,1-3H3,(H,16,17). The number of carboxylic acids is 2. The quantitative estimate of drug-likeness (QED) is 0.0130. The summed E-state index contributed by atoms with van der Waals surface area (Å²) >= 11 is 8.62. The summed E-state index contributed by atoms with van der Waals surface area (Å²) in [5.41, 5.74) is 17.0. The summed E-state index contributed by atoms with van der Waals surface area (Å²) in [6, 6.07) is 77.9. The van der Waals surface area contributed by atoms with Crippen LogP contribution in [0.5, 0.6) is 23.0 Å². The maximum Gasteiger partial charge on any atom is 0.319 e. The smallest absolute Gasteiger partial charge is 0.319 e. The zero-order valence-electron chi connectivity index (χ0n) is 81.8. The number of hydrogen-bond acceptors (Lipinski definition) is 26. The van der Waals surface area contributed by atoms with Crippen molar-refractivity contribution in [3.63, 3.8) is 0 Å². The van der Waals surface area contributed by atoms with Gasteiger partial charge in [0.05, 0.1) is 66.6 Å². The number of carboxylic acid groups (broad SMARTS) is 2. The second-order valence-electron chi connectivity index (χ2n) is 34.9. The number of pyridine rings is 6. The Balaban J connectivity index is 0.000000162. The van der Waals surface area contributed by atoms with Crippen molar-refractivity contribution in [2.24, 2.45) is 0 Å². The van der Waals surface area contributed by atoms with Crippen LogP contribution in [0.4, 0.5) is 5.69 Å². The number of carbonyl (C=O) groups is 6. The van der Waals surface area contributed by atoms with Crippen LogP contribution in [-0.2, 0) is 47.7 Å². The molecule has 0 aliphatic carbocycles. The van der Waals surface area contributed by atoms with Gasteiger partial charge in [-0.1, -0.05) is 161 Å². The first-order chi connectivity index (χ1) is 67.2. The lowest BCUT2D eigenvalue weighted by molar-refractivity contribution is -0.139. The number of carbonyl (C=O) groups excluding carboxylic acids is 4. The van der Waals surface area contributed by atoms with Crippen LogP contribution in [0.25, 0.3) is 115 Å². The molecule has 16 aromatic rings. The number of aryl methyl sites for hydroxylation is 2. The van der Waals surface area contributed by atoms with Crippen molar-refractivity contribution in [3.05, 3.63) is 296 Å². The topological polar surface area (TPSA) is 298 Å². The number of nitrogens with zero attached hydrogens (tertiary/aromatic N) is 7. The van der Waals surface area contributed by atoms with Crippen molar-refractivity contribution in [3.8, 4) is 67.5 Å². The number of thioether (sulfide) groups is 6. The molecule has 0 unspecified atom stereocenters. The fraction of sp³-hybridized carbons (Fsp3) is 0.241. The molecule has 141 heavy (non-hydrogen) atoms. The predicted octanol–water partition coefficient (Wildman–Crippen LogP) is 28.4. The van der Waals surface area contributed by atoms with Crippen molar-refractivity contribution in [2.75, 3.05) is 20.8 Å². The third kappa shape index (κ3) is 30.2. The molecule has 0 atom stereocenters. The first kappa shape index (κ1) is 108. The van der Waals surface area contributed by atoms with E-state index in [9.17, 15) is 39.0 Å². The average molecular weight is 2000 g/mol. The number of methoxy groups -OCH3 is 2. The maximum absolute atomic E-state index is 11.3. The fourth-order valence-electron chi connectivity index (χ4n) is 14.2. The number of aromatic nitrogens is 6. The Hall–Kier alpha value is -13.7. The van der Waals surface area contributed by atoms with E-state index in [1.165, 1.54) is 81.7 Å². The average Bonchev–Trinajstić information content (AvgIpc) is 0.788. The highest BCUT2D eigenvalue weighted by molar-refractivity contribution is 8.02. The predicted molar refractivity (Wildman–Crippen MR) is 571 cm³/mol. The molecule has 0 bridgehead atoms. The number of hydrogen-bond donors (Lipinski definition) is 2. The molecule has 0 amide bonds. The Morgan fingerprint density at radius 1 is 0.348 bits per heavy atom. The lowest BCUT2D eigenvalue weighted by atomic mass is 10.0. The Labute approximate surface area is 847 Å². The number of rotatable bonds is 32. The number of aliphatic carboxylic acids is 2. The van der Waals surface area contributed by atoms with E-state index in [4.69, 9.17) is 44.5 Å². The van der Waals surface area contributed by atoms with Crippen molar-refractivity contribution < 1.29 is 76.9 Å². The lowest BCUT2D eigenvalue weighted by Crippen LogP contribution is -2.26. The summed E-state index contributed by atoms with van der Waals surface area (Å²) in [6.07, 6.45) is 10.6. The van der Waals surface area contributed by atoms with Crippen LogP contribution in [0.15, 0.2) is 303 Å². The van der Waals surface area contributed by atoms with E-state index in [-0.39, 0.29) is 6.10 Å². The molecule has 16 rings (SSSR count). The molecule has 726 valence electrons. The van der Waals surface area contributed by atoms with E-state index in [2.05, 4.69) is 121 Å². The van der Waals surface area contributed by atoms with Crippen LogP contribution >= 0.6 is 70.6 Å². The second-order valence-corrected chi connectivity index (χ2v) is 44.7. The van der Waals surface area contributed by atoms with Gasteiger partial charge in [0.25, 0.3) is 25.9 Å². The SMILES string of the molecule is CC(C)Oc1cccc(-c2ccc3nccc(SC(C)(C)OC=O)c3c2)c1.CCOc1cccc(-c2ccc3nccc(SC(C)(C)OC=O)c3c2)c1.COc1cc2nccc(SC(C)(C)C(=O)O)c2cc1OC.Cc1ccc2nccc(SC(C)(C)C(=O)O)c2c1.Cc1cccc(-c2ccc3nccc(SC(C)(C)OC=O)c3c2)c1.[C-]#[N+]c1ccc(-c2ccc3nccc(SC(C)(C)OC=O)c3c2)cc1. The van der Waals surface area contributed by atoms with Crippen LogP contribution in [0.3, 0.4) is 0 Å². The molecule has 0 aliphatic heterocycles. The zero-order valence-corrected chi connectivity index (χ0v) is 86.7.